The number of allylic oxidation sites excluding steroid dienone is 1. The molecule has 0 aliphatic carbocycles. The second-order valence-electron chi connectivity index (χ2n) is 6.32. The number of thioether (sulfide) groups is 1. The Hall–Kier alpha value is -2.28. The lowest BCUT2D eigenvalue weighted by atomic mass is 10.2. The van der Waals surface area contributed by atoms with Gasteiger partial charge in [-0.25, -0.2) is 14.8 Å². The van der Waals surface area contributed by atoms with Gasteiger partial charge in [-0.05, 0) is 31.9 Å². The van der Waals surface area contributed by atoms with Gasteiger partial charge in [-0.15, -0.1) is 0 Å². The van der Waals surface area contributed by atoms with Gasteiger partial charge in [-0.1, -0.05) is 55.1 Å². The molecule has 0 saturated carbocycles. The van der Waals surface area contributed by atoms with Crippen molar-refractivity contribution in [3.05, 3.63) is 42.0 Å². The summed E-state index contributed by atoms with van der Waals surface area (Å²) in [4.78, 5) is 21.2. The number of nitrogens with zero attached hydrogens (tertiary/aromatic N) is 5. The predicted octanol–water partition coefficient (Wildman–Crippen LogP) is 3.93. The molecule has 3 rings (SSSR count). The third-order valence-electron chi connectivity index (χ3n) is 4.57. The predicted molar refractivity (Wildman–Crippen MR) is 114 cm³/mol. The Balaban J connectivity index is 1.81. The van der Waals surface area contributed by atoms with Crippen LogP contribution in [0.15, 0.2) is 46.5 Å². The van der Waals surface area contributed by atoms with Gasteiger partial charge < -0.3 is 0 Å². The lowest BCUT2D eigenvalue weighted by Crippen LogP contribution is -2.45. The fraction of sp³-hybridized carbons (Fsp3) is 0.450. The lowest BCUT2D eigenvalue weighted by molar-refractivity contribution is 0.155. The number of hydrazone groups is 1. The molecule has 1 fully saturated rings. The number of benzene rings is 1. The summed E-state index contributed by atoms with van der Waals surface area (Å²) in [7, 11) is 0. The first kappa shape index (κ1) is 19.5. The standard InChI is InChI=1S/C20H27N5OS/c1-4-15-27-19-22-17-18(24(6-3)20(26)23(17)5-2)25(19)21-14-10-13-16-11-8-7-9-12-16/h7-14,17-18H,4-6,15H2,1-3H3/b13-10+,21-14+. The quantitative estimate of drug-likeness (QED) is 0.668. The van der Waals surface area contributed by atoms with Gasteiger partial charge in [0.1, 0.15) is 0 Å². The van der Waals surface area contributed by atoms with E-state index in [4.69, 9.17) is 4.99 Å². The third-order valence-corrected chi connectivity index (χ3v) is 5.73. The highest BCUT2D eigenvalue weighted by molar-refractivity contribution is 8.13. The molecule has 6 nitrogen and oxygen atoms in total. The summed E-state index contributed by atoms with van der Waals surface area (Å²) in [6.07, 6.45) is 6.45. The smallest absolute Gasteiger partial charge is 0.299 e. The largest absolute Gasteiger partial charge is 0.323 e. The molecule has 1 aromatic carbocycles. The van der Waals surface area contributed by atoms with Crippen molar-refractivity contribution in [1.29, 1.82) is 0 Å². The Labute approximate surface area is 165 Å². The Morgan fingerprint density at radius 3 is 2.56 bits per heavy atom. The average Bonchev–Trinajstić information content (AvgIpc) is 3.16. The van der Waals surface area contributed by atoms with E-state index >= 15 is 0 Å². The topological polar surface area (TPSA) is 51.5 Å². The van der Waals surface area contributed by atoms with Crippen molar-refractivity contribution < 1.29 is 4.79 Å². The molecule has 2 amide bonds. The molecule has 2 aliphatic rings. The molecule has 0 N–H and O–H groups in total. The van der Waals surface area contributed by atoms with Crippen LogP contribution in [0.5, 0.6) is 0 Å². The monoisotopic (exact) mass is 385 g/mol. The van der Waals surface area contributed by atoms with Gasteiger partial charge in [0.05, 0.1) is 0 Å². The minimum Gasteiger partial charge on any atom is -0.299 e. The molecule has 1 aromatic rings. The van der Waals surface area contributed by atoms with E-state index in [1.165, 1.54) is 0 Å². The highest BCUT2D eigenvalue weighted by Crippen LogP contribution is 2.34. The van der Waals surface area contributed by atoms with Crippen LogP contribution in [0.1, 0.15) is 32.8 Å². The lowest BCUT2D eigenvalue weighted by Gasteiger charge is -2.27. The van der Waals surface area contributed by atoms with Crippen molar-refractivity contribution >= 4 is 35.3 Å². The molecule has 0 radical (unpaired) electrons. The van der Waals surface area contributed by atoms with E-state index in [1.54, 1.807) is 18.0 Å². The molecule has 7 heteroatoms. The van der Waals surface area contributed by atoms with Crippen molar-refractivity contribution in [2.45, 2.75) is 39.5 Å². The third kappa shape index (κ3) is 4.03. The summed E-state index contributed by atoms with van der Waals surface area (Å²) in [6.45, 7) is 7.44. The van der Waals surface area contributed by atoms with Gasteiger partial charge >= 0.3 is 6.03 Å². The van der Waals surface area contributed by atoms with Crippen LogP contribution in [0.2, 0.25) is 0 Å². The molecule has 0 spiro atoms. The summed E-state index contributed by atoms with van der Waals surface area (Å²) >= 11 is 1.70. The maximum atomic E-state index is 12.6. The number of aliphatic imine (C=N–C) groups is 1. The molecule has 0 bridgehead atoms. The normalized spacial score (nSPS) is 22.4. The summed E-state index contributed by atoms with van der Waals surface area (Å²) in [5.74, 6) is 0.982. The molecule has 27 heavy (non-hydrogen) atoms. The summed E-state index contributed by atoms with van der Waals surface area (Å²) in [5, 5.41) is 7.47. The van der Waals surface area contributed by atoms with Crippen LogP contribution < -0.4 is 0 Å². The molecular formula is C20H27N5OS. The molecule has 0 aromatic heterocycles. The van der Waals surface area contributed by atoms with Crippen molar-refractivity contribution in [3.63, 3.8) is 0 Å². The van der Waals surface area contributed by atoms with Crippen molar-refractivity contribution in [2.75, 3.05) is 18.8 Å². The number of carbonyl (C=O) groups excluding carboxylic acids is 1. The summed E-state index contributed by atoms with van der Waals surface area (Å²) < 4.78 is 0. The van der Waals surface area contributed by atoms with Crippen LogP contribution in [0.3, 0.4) is 0 Å². The molecule has 2 aliphatic heterocycles. The molecule has 2 unspecified atom stereocenters. The van der Waals surface area contributed by atoms with Crippen molar-refractivity contribution in [1.82, 2.24) is 14.8 Å². The second kappa shape index (κ2) is 9.08. The van der Waals surface area contributed by atoms with Crippen molar-refractivity contribution in [3.8, 4) is 0 Å². The van der Waals surface area contributed by atoms with Gasteiger partial charge in [0.25, 0.3) is 0 Å². The zero-order chi connectivity index (χ0) is 19.2. The molecule has 1 saturated heterocycles. The Morgan fingerprint density at radius 2 is 1.89 bits per heavy atom. The van der Waals surface area contributed by atoms with E-state index in [0.717, 1.165) is 22.9 Å². The number of hydrogen-bond acceptors (Lipinski definition) is 5. The van der Waals surface area contributed by atoms with E-state index in [0.29, 0.717) is 13.1 Å². The number of likely N-dealkylation sites (N-methyl/N-ethyl adjacent to an activating group) is 2. The number of amides is 2. The van der Waals surface area contributed by atoms with Gasteiger partial charge in [0, 0.05) is 25.1 Å². The van der Waals surface area contributed by atoms with E-state index < -0.39 is 0 Å². The minimum absolute atomic E-state index is 0.0401. The van der Waals surface area contributed by atoms with E-state index in [2.05, 4.69) is 12.0 Å². The average molecular weight is 386 g/mol. The Kier molecular flexibility index (Phi) is 6.55. The van der Waals surface area contributed by atoms with Gasteiger partial charge in [-0.2, -0.15) is 5.10 Å². The summed E-state index contributed by atoms with van der Waals surface area (Å²) in [6, 6.07) is 10.2. The van der Waals surface area contributed by atoms with Gasteiger partial charge in [-0.3, -0.25) is 9.80 Å². The summed E-state index contributed by atoms with van der Waals surface area (Å²) in [5.41, 5.74) is 1.13. The van der Waals surface area contributed by atoms with Crippen molar-refractivity contribution in [2.24, 2.45) is 10.1 Å². The van der Waals surface area contributed by atoms with E-state index in [9.17, 15) is 4.79 Å². The number of hydrogen-bond donors (Lipinski definition) is 0. The van der Waals surface area contributed by atoms with Crippen LogP contribution in [-0.4, -0.2) is 63.4 Å². The molecular weight excluding hydrogens is 358 g/mol. The fourth-order valence-electron chi connectivity index (χ4n) is 3.28. The zero-order valence-corrected chi connectivity index (χ0v) is 17.0. The molecule has 2 atom stereocenters. The van der Waals surface area contributed by atoms with E-state index in [1.807, 2.05) is 71.1 Å². The van der Waals surface area contributed by atoms with Crippen LogP contribution in [0.25, 0.3) is 6.08 Å². The van der Waals surface area contributed by atoms with Gasteiger partial charge in [0.15, 0.2) is 17.5 Å². The zero-order valence-electron chi connectivity index (χ0n) is 16.2. The first-order valence-electron chi connectivity index (χ1n) is 9.54. The van der Waals surface area contributed by atoms with Crippen LogP contribution in [-0.2, 0) is 0 Å². The fourth-order valence-corrected chi connectivity index (χ4v) is 4.14. The SMILES string of the molecule is CCCSC1=NC2C(N(CC)C(=O)N2CC)N1/N=C/C=C/c1ccccc1. The van der Waals surface area contributed by atoms with Crippen LogP contribution in [0.4, 0.5) is 4.79 Å². The van der Waals surface area contributed by atoms with Gasteiger partial charge in [0.2, 0.25) is 0 Å². The number of rotatable bonds is 7. The number of amidine groups is 1. The second-order valence-corrected chi connectivity index (χ2v) is 7.38. The maximum absolute atomic E-state index is 12.6. The Bertz CT molecular complexity index is 733. The van der Waals surface area contributed by atoms with Crippen LogP contribution in [0, 0.1) is 0 Å². The first-order chi connectivity index (χ1) is 13.2. The number of carbonyl (C=O) groups is 1. The Morgan fingerprint density at radius 1 is 1.15 bits per heavy atom. The number of urea groups is 1. The maximum Gasteiger partial charge on any atom is 0.323 e. The van der Waals surface area contributed by atoms with E-state index in [-0.39, 0.29) is 18.4 Å². The van der Waals surface area contributed by atoms with Crippen LogP contribution >= 0.6 is 11.8 Å². The number of fused-ring (bicyclic) bond motifs is 1. The minimum atomic E-state index is -0.183. The first-order valence-corrected chi connectivity index (χ1v) is 10.5. The molecule has 144 valence electrons. The molecule has 2 heterocycles. The highest BCUT2D eigenvalue weighted by Gasteiger charge is 2.52. The highest BCUT2D eigenvalue weighted by atomic mass is 32.2.